The van der Waals surface area contributed by atoms with Crippen molar-refractivity contribution in [3.05, 3.63) is 179 Å². The van der Waals surface area contributed by atoms with Crippen LogP contribution in [-0.4, -0.2) is 66.7 Å². The van der Waals surface area contributed by atoms with Crippen molar-refractivity contribution >= 4 is 29.8 Å². The molecule has 1 saturated heterocycles. The van der Waals surface area contributed by atoms with Gasteiger partial charge in [0.1, 0.15) is 12.2 Å². The Hall–Kier alpha value is -6.59. The number of benzene rings is 5. The largest absolute Gasteiger partial charge is 0.459 e. The number of esters is 5. The number of carbonyl (C=O) groups excluding carboxylic acids is 5. The summed E-state index contributed by atoms with van der Waals surface area (Å²) in [5, 5.41) is 0. The Labute approximate surface area is 305 Å². The van der Waals surface area contributed by atoms with Gasteiger partial charge in [0.25, 0.3) is 0 Å². The van der Waals surface area contributed by atoms with Gasteiger partial charge in [0.15, 0.2) is 12.2 Å². The van der Waals surface area contributed by atoms with Crippen LogP contribution in [0.1, 0.15) is 58.7 Å². The maximum atomic E-state index is 13.8. The highest BCUT2D eigenvalue weighted by molar-refractivity contribution is 5.92. The number of rotatable bonds is 11. The first-order valence-corrected chi connectivity index (χ1v) is 16.7. The first-order valence-electron chi connectivity index (χ1n) is 16.7. The van der Waals surface area contributed by atoms with Gasteiger partial charge in [-0.1, -0.05) is 91.0 Å². The SMILES string of the molecule is C[C@]1(COC(=O)c2ccccc2)O[C@@H](OC(=O)c2ccccc2)[C@H](OC(=O)c2ccccc2)[C@@H](OC(=O)c2ccccc2)[C@@H]1OC(=O)c1ccccc1. The Morgan fingerprint density at radius 1 is 0.453 bits per heavy atom. The second kappa shape index (κ2) is 16.6. The normalized spacial score (nSPS) is 20.6. The molecule has 0 unspecified atom stereocenters. The van der Waals surface area contributed by atoms with Gasteiger partial charge >= 0.3 is 29.8 Å². The summed E-state index contributed by atoms with van der Waals surface area (Å²) in [7, 11) is 0. The third kappa shape index (κ3) is 8.84. The van der Waals surface area contributed by atoms with Gasteiger partial charge in [0, 0.05) is 0 Å². The van der Waals surface area contributed by atoms with Crippen LogP contribution in [-0.2, 0) is 28.4 Å². The Morgan fingerprint density at radius 2 is 0.774 bits per heavy atom. The molecule has 0 spiro atoms. The lowest BCUT2D eigenvalue weighted by Gasteiger charge is -2.49. The van der Waals surface area contributed by atoms with E-state index in [-0.39, 0.29) is 27.8 Å². The molecule has 268 valence electrons. The highest BCUT2D eigenvalue weighted by Crippen LogP contribution is 2.38. The zero-order chi connectivity index (χ0) is 37.2. The van der Waals surface area contributed by atoms with Crippen LogP contribution in [0.25, 0.3) is 0 Å². The first kappa shape index (κ1) is 36.2. The summed E-state index contributed by atoms with van der Waals surface area (Å²) in [6.45, 7) is 0.849. The molecule has 0 aliphatic carbocycles. The molecule has 0 bridgehead atoms. The molecule has 0 radical (unpaired) electrons. The smallest absolute Gasteiger partial charge is 0.340 e. The van der Waals surface area contributed by atoms with E-state index in [2.05, 4.69) is 0 Å². The summed E-state index contributed by atoms with van der Waals surface area (Å²) >= 11 is 0. The average molecular weight is 715 g/mol. The molecular weight excluding hydrogens is 680 g/mol. The van der Waals surface area contributed by atoms with Crippen molar-refractivity contribution in [3.63, 3.8) is 0 Å². The molecule has 0 amide bonds. The molecule has 1 aliphatic heterocycles. The van der Waals surface area contributed by atoms with Crippen LogP contribution in [0.5, 0.6) is 0 Å². The van der Waals surface area contributed by atoms with E-state index in [4.69, 9.17) is 28.4 Å². The Morgan fingerprint density at radius 3 is 1.17 bits per heavy atom. The summed E-state index contributed by atoms with van der Waals surface area (Å²) in [5.41, 5.74) is -1.14. The molecule has 0 N–H and O–H groups in total. The van der Waals surface area contributed by atoms with Crippen LogP contribution in [0.3, 0.4) is 0 Å². The van der Waals surface area contributed by atoms with Crippen LogP contribution in [0.15, 0.2) is 152 Å². The van der Waals surface area contributed by atoms with Crippen molar-refractivity contribution in [2.24, 2.45) is 0 Å². The van der Waals surface area contributed by atoms with Gasteiger partial charge in [-0.05, 0) is 67.6 Å². The molecule has 1 fully saturated rings. The van der Waals surface area contributed by atoms with E-state index in [1.165, 1.54) is 55.5 Å². The highest BCUT2D eigenvalue weighted by atomic mass is 16.8. The fourth-order valence-electron chi connectivity index (χ4n) is 5.63. The molecule has 5 aromatic rings. The minimum atomic E-state index is -1.88. The standard InChI is InChI=1S/C42H34O11/c1-42(27-48-36(43)28-17-7-2-8-18-28)35(51-39(46)31-23-13-5-14-24-31)33(49-37(44)29-19-9-3-10-20-29)34(50-38(45)30-21-11-4-12-22-30)41(53-42)52-40(47)32-25-15-6-16-26-32/h2-26,33-35,41H,27H2,1H3/t33-,34-,35+,41-,42-/m1/s1. The monoisotopic (exact) mass is 714 g/mol. The average Bonchev–Trinajstić information content (AvgIpc) is 3.21. The molecule has 0 saturated carbocycles. The van der Waals surface area contributed by atoms with Gasteiger partial charge in [-0.15, -0.1) is 0 Å². The van der Waals surface area contributed by atoms with Crippen LogP contribution in [0.2, 0.25) is 0 Å². The fraction of sp³-hybridized carbons (Fsp3) is 0.167. The van der Waals surface area contributed by atoms with E-state index in [9.17, 15) is 24.0 Å². The molecule has 0 aromatic heterocycles. The third-order valence-electron chi connectivity index (χ3n) is 8.36. The zero-order valence-electron chi connectivity index (χ0n) is 28.4. The molecule has 5 atom stereocenters. The van der Waals surface area contributed by atoms with Gasteiger partial charge in [-0.3, -0.25) is 0 Å². The van der Waals surface area contributed by atoms with E-state index in [0.29, 0.717) is 0 Å². The summed E-state index contributed by atoms with van der Waals surface area (Å²) in [6.07, 6.45) is -6.80. The summed E-state index contributed by atoms with van der Waals surface area (Å²) in [5.74, 6) is -4.22. The van der Waals surface area contributed by atoms with Crippen molar-refractivity contribution in [2.45, 2.75) is 37.1 Å². The number of carbonyl (C=O) groups is 5. The number of hydrogen-bond acceptors (Lipinski definition) is 11. The lowest BCUT2D eigenvalue weighted by Crippen LogP contribution is -2.68. The minimum Gasteiger partial charge on any atom is -0.459 e. The second-order valence-corrected chi connectivity index (χ2v) is 12.2. The minimum absolute atomic E-state index is 0.121. The first-order chi connectivity index (χ1) is 25.7. The van der Waals surface area contributed by atoms with E-state index in [1.807, 2.05) is 0 Å². The summed E-state index contributed by atoms with van der Waals surface area (Å²) in [6, 6.07) is 40.0. The van der Waals surface area contributed by atoms with Gasteiger partial charge < -0.3 is 28.4 Å². The maximum absolute atomic E-state index is 13.8. The third-order valence-corrected chi connectivity index (χ3v) is 8.36. The fourth-order valence-corrected chi connectivity index (χ4v) is 5.63. The highest BCUT2D eigenvalue weighted by Gasteiger charge is 2.60. The molecule has 11 heteroatoms. The predicted octanol–water partition coefficient (Wildman–Crippen LogP) is 6.49. The van der Waals surface area contributed by atoms with Crippen LogP contribution >= 0.6 is 0 Å². The number of ether oxygens (including phenoxy) is 6. The molecule has 5 aromatic carbocycles. The summed E-state index contributed by atoms with van der Waals surface area (Å²) < 4.78 is 36.1. The van der Waals surface area contributed by atoms with E-state index in [0.717, 1.165) is 0 Å². The summed E-state index contributed by atoms with van der Waals surface area (Å²) in [4.78, 5) is 68.0. The van der Waals surface area contributed by atoms with Crippen LogP contribution in [0.4, 0.5) is 0 Å². The number of hydrogen-bond donors (Lipinski definition) is 0. The van der Waals surface area contributed by atoms with Gasteiger partial charge in [0.05, 0.1) is 27.8 Å². The lowest BCUT2D eigenvalue weighted by molar-refractivity contribution is -0.316. The Balaban J connectivity index is 1.45. The van der Waals surface area contributed by atoms with Crippen molar-refractivity contribution in [1.82, 2.24) is 0 Å². The van der Waals surface area contributed by atoms with Crippen molar-refractivity contribution < 1.29 is 52.4 Å². The van der Waals surface area contributed by atoms with Crippen molar-refractivity contribution in [2.75, 3.05) is 6.61 Å². The predicted molar refractivity (Wildman–Crippen MR) is 189 cm³/mol. The topological polar surface area (TPSA) is 141 Å². The van der Waals surface area contributed by atoms with Crippen LogP contribution < -0.4 is 0 Å². The van der Waals surface area contributed by atoms with Gasteiger partial charge in [0.2, 0.25) is 12.4 Å². The molecule has 1 heterocycles. The maximum Gasteiger partial charge on any atom is 0.340 e. The molecular formula is C42H34O11. The Kier molecular flexibility index (Phi) is 11.4. The zero-order valence-corrected chi connectivity index (χ0v) is 28.4. The molecule has 1 aliphatic rings. The molecule has 11 nitrogen and oxygen atoms in total. The van der Waals surface area contributed by atoms with Crippen molar-refractivity contribution in [3.8, 4) is 0 Å². The molecule has 6 rings (SSSR count). The quantitative estimate of drug-likeness (QED) is 0.110. The van der Waals surface area contributed by atoms with Gasteiger partial charge in [-0.2, -0.15) is 0 Å². The van der Waals surface area contributed by atoms with E-state index < -0.39 is 66.7 Å². The van der Waals surface area contributed by atoms with Gasteiger partial charge in [-0.25, -0.2) is 24.0 Å². The molecule has 53 heavy (non-hydrogen) atoms. The van der Waals surface area contributed by atoms with E-state index >= 15 is 0 Å². The van der Waals surface area contributed by atoms with Crippen molar-refractivity contribution in [1.29, 1.82) is 0 Å². The Bertz CT molecular complexity index is 2020. The van der Waals surface area contributed by atoms with E-state index in [1.54, 1.807) is 103 Å². The second-order valence-electron chi connectivity index (χ2n) is 12.2. The van der Waals surface area contributed by atoms with Crippen LogP contribution in [0, 0.1) is 0 Å². The lowest BCUT2D eigenvalue weighted by atomic mass is 9.87.